The summed E-state index contributed by atoms with van der Waals surface area (Å²) in [5.41, 5.74) is 5.34. The second-order valence-corrected chi connectivity index (χ2v) is 15.3. The van der Waals surface area contributed by atoms with Gasteiger partial charge in [0.1, 0.15) is 6.61 Å². The average Bonchev–Trinajstić information content (AvgIpc) is 3.18. The van der Waals surface area contributed by atoms with Gasteiger partial charge >= 0.3 is 19.8 Å². The number of phosphoric ester groups is 1. The zero-order chi connectivity index (χ0) is 41.1. The zero-order valence-electron chi connectivity index (χ0n) is 35.1. The van der Waals surface area contributed by atoms with Gasteiger partial charge in [-0.3, -0.25) is 18.6 Å². The summed E-state index contributed by atoms with van der Waals surface area (Å²) in [6.07, 6.45) is 52.0. The first-order valence-electron chi connectivity index (χ1n) is 21.6. The second kappa shape index (κ2) is 41.8. The molecule has 2 atom stereocenters. The van der Waals surface area contributed by atoms with Crippen molar-refractivity contribution in [3.05, 3.63) is 85.1 Å². The van der Waals surface area contributed by atoms with Crippen molar-refractivity contribution >= 4 is 19.8 Å². The molecule has 0 saturated carbocycles. The molecule has 0 aromatic rings. The first-order chi connectivity index (χ1) is 27.3. The molecule has 320 valence electrons. The van der Waals surface area contributed by atoms with Gasteiger partial charge in [0.05, 0.1) is 13.2 Å². The number of carbonyl (C=O) groups excluding carboxylic acids is 2. The average molecular weight is 804 g/mol. The molecular weight excluding hydrogens is 725 g/mol. The van der Waals surface area contributed by atoms with E-state index in [-0.39, 0.29) is 32.6 Å². The zero-order valence-corrected chi connectivity index (χ0v) is 36.0. The van der Waals surface area contributed by atoms with Crippen molar-refractivity contribution in [3.63, 3.8) is 0 Å². The van der Waals surface area contributed by atoms with E-state index in [9.17, 15) is 19.0 Å². The molecule has 0 aliphatic rings. The van der Waals surface area contributed by atoms with Crippen LogP contribution < -0.4 is 5.73 Å². The third kappa shape index (κ3) is 40.8. The molecule has 0 aliphatic carbocycles. The number of rotatable bonds is 39. The number of esters is 2. The molecule has 56 heavy (non-hydrogen) atoms. The summed E-state index contributed by atoms with van der Waals surface area (Å²) in [4.78, 5) is 34.8. The third-order valence-corrected chi connectivity index (χ3v) is 9.51. The fraction of sp³-hybridized carbons (Fsp3) is 0.652. The second-order valence-electron chi connectivity index (χ2n) is 13.8. The van der Waals surface area contributed by atoms with Gasteiger partial charge in [-0.15, -0.1) is 0 Å². The predicted octanol–water partition coefficient (Wildman–Crippen LogP) is 12.4. The Morgan fingerprint density at radius 2 is 1.02 bits per heavy atom. The molecule has 10 heteroatoms. The number of unbranched alkanes of at least 4 members (excludes halogenated alkanes) is 12. The van der Waals surface area contributed by atoms with Crippen molar-refractivity contribution in [2.45, 2.75) is 168 Å². The summed E-state index contributed by atoms with van der Waals surface area (Å²) in [6, 6.07) is 0. The smallest absolute Gasteiger partial charge is 0.462 e. The largest absolute Gasteiger partial charge is 0.472 e. The van der Waals surface area contributed by atoms with Crippen LogP contribution in [0.5, 0.6) is 0 Å². The van der Waals surface area contributed by atoms with Crippen LogP contribution in [0.2, 0.25) is 0 Å². The Morgan fingerprint density at radius 1 is 0.554 bits per heavy atom. The molecule has 0 saturated heterocycles. The number of phosphoric acid groups is 1. The van der Waals surface area contributed by atoms with Crippen LogP contribution in [0, 0.1) is 0 Å². The molecule has 9 nitrogen and oxygen atoms in total. The minimum Gasteiger partial charge on any atom is -0.462 e. The third-order valence-electron chi connectivity index (χ3n) is 8.53. The summed E-state index contributed by atoms with van der Waals surface area (Å²) in [7, 11) is -4.40. The van der Waals surface area contributed by atoms with Crippen LogP contribution in [0.4, 0.5) is 0 Å². The van der Waals surface area contributed by atoms with Crippen LogP contribution in [0.3, 0.4) is 0 Å². The van der Waals surface area contributed by atoms with Gasteiger partial charge in [-0.25, -0.2) is 4.57 Å². The number of nitrogens with two attached hydrogens (primary N) is 1. The van der Waals surface area contributed by atoms with Crippen LogP contribution in [-0.4, -0.2) is 49.3 Å². The van der Waals surface area contributed by atoms with Crippen LogP contribution >= 0.6 is 7.82 Å². The monoisotopic (exact) mass is 804 g/mol. The Hall–Kier alpha value is -2.81. The molecule has 3 N–H and O–H groups in total. The van der Waals surface area contributed by atoms with E-state index in [0.29, 0.717) is 12.8 Å². The van der Waals surface area contributed by atoms with Gasteiger partial charge in [0.25, 0.3) is 0 Å². The van der Waals surface area contributed by atoms with Crippen molar-refractivity contribution in [3.8, 4) is 0 Å². The fourth-order valence-electron chi connectivity index (χ4n) is 5.36. The topological polar surface area (TPSA) is 134 Å². The van der Waals surface area contributed by atoms with E-state index in [1.54, 1.807) is 0 Å². The summed E-state index contributed by atoms with van der Waals surface area (Å²) in [5, 5.41) is 0. The first kappa shape index (κ1) is 53.2. The summed E-state index contributed by atoms with van der Waals surface area (Å²) >= 11 is 0. The molecule has 0 aromatic carbocycles. The van der Waals surface area contributed by atoms with E-state index in [2.05, 4.69) is 86.8 Å². The molecule has 1 unspecified atom stereocenters. The van der Waals surface area contributed by atoms with E-state index in [0.717, 1.165) is 70.6 Å². The Kier molecular flexibility index (Phi) is 39.7. The van der Waals surface area contributed by atoms with E-state index in [1.165, 1.54) is 51.4 Å². The fourth-order valence-corrected chi connectivity index (χ4v) is 6.12. The normalized spacial score (nSPS) is 14.1. The van der Waals surface area contributed by atoms with Crippen molar-refractivity contribution in [2.24, 2.45) is 5.73 Å². The predicted molar refractivity (Wildman–Crippen MR) is 233 cm³/mol. The Morgan fingerprint density at radius 3 is 1.54 bits per heavy atom. The number of hydrogen-bond donors (Lipinski definition) is 2. The highest BCUT2D eigenvalue weighted by Crippen LogP contribution is 2.43. The Labute approximate surface area is 341 Å². The minimum atomic E-state index is -4.40. The maximum Gasteiger partial charge on any atom is 0.472 e. The Balaban J connectivity index is 4.32. The summed E-state index contributed by atoms with van der Waals surface area (Å²) < 4.78 is 32.7. The van der Waals surface area contributed by atoms with Crippen molar-refractivity contribution in [1.29, 1.82) is 0 Å². The highest BCUT2D eigenvalue weighted by atomic mass is 31.2. The Bertz CT molecular complexity index is 1190. The quantitative estimate of drug-likeness (QED) is 0.0269. The first-order valence-corrected chi connectivity index (χ1v) is 23.1. The van der Waals surface area contributed by atoms with E-state index in [4.69, 9.17) is 24.3 Å². The van der Waals surface area contributed by atoms with Crippen LogP contribution in [-0.2, 0) is 32.7 Å². The highest BCUT2D eigenvalue weighted by Gasteiger charge is 2.25. The number of carbonyl (C=O) groups is 2. The lowest BCUT2D eigenvalue weighted by molar-refractivity contribution is -0.161. The molecular formula is C46H78NO8P. The van der Waals surface area contributed by atoms with E-state index in [1.807, 2.05) is 12.2 Å². The molecule has 0 radical (unpaired) electrons. The molecule has 0 rings (SSSR count). The highest BCUT2D eigenvalue weighted by molar-refractivity contribution is 7.47. The van der Waals surface area contributed by atoms with E-state index >= 15 is 0 Å². The number of ether oxygens (including phenoxy) is 2. The molecule has 0 spiro atoms. The van der Waals surface area contributed by atoms with Gasteiger partial charge in [0.15, 0.2) is 6.10 Å². The maximum absolute atomic E-state index is 12.5. The van der Waals surface area contributed by atoms with Gasteiger partial charge in [-0.05, 0) is 77.0 Å². The molecule has 0 amide bonds. The lowest BCUT2D eigenvalue weighted by atomic mass is 10.1. The van der Waals surface area contributed by atoms with Crippen LogP contribution in [0.1, 0.15) is 162 Å². The summed E-state index contributed by atoms with van der Waals surface area (Å²) in [5.74, 6) is -0.943. The lowest BCUT2D eigenvalue weighted by Gasteiger charge is -2.19. The molecule has 0 fully saturated rings. The van der Waals surface area contributed by atoms with Gasteiger partial charge in [-0.1, -0.05) is 157 Å². The van der Waals surface area contributed by atoms with Gasteiger partial charge in [0.2, 0.25) is 0 Å². The molecule has 0 aliphatic heterocycles. The van der Waals surface area contributed by atoms with Crippen molar-refractivity contribution < 1.29 is 37.6 Å². The van der Waals surface area contributed by atoms with Crippen molar-refractivity contribution in [2.75, 3.05) is 26.4 Å². The standard InChI is InChI=1S/C46H78NO8P/c1-3-5-7-9-11-13-15-17-19-21-22-23-25-27-29-31-33-35-37-39-46(49)55-44(43-54-56(50,51)53-41-40-47)42-52-45(48)38-36-34-32-30-28-26-24-20-18-16-14-12-10-8-6-4-2/h5,7,11,13,17,19-20,22-24,27,29,33,35,44H,3-4,6,8-10,12,14-16,18,21,25-26,28,30-32,34,36-43,47H2,1-2H3,(H,50,51)/b7-5-,13-11-,19-17-,23-22-,24-20-,29-27-,35-33-/t44-/m1/s1. The summed E-state index contributed by atoms with van der Waals surface area (Å²) in [6.45, 7) is 3.50. The lowest BCUT2D eigenvalue weighted by Crippen LogP contribution is -2.29. The van der Waals surface area contributed by atoms with Crippen LogP contribution in [0.15, 0.2) is 85.1 Å². The van der Waals surface area contributed by atoms with Gasteiger partial charge in [-0.2, -0.15) is 0 Å². The van der Waals surface area contributed by atoms with Crippen LogP contribution in [0.25, 0.3) is 0 Å². The number of allylic oxidation sites excluding steroid dienone is 14. The maximum atomic E-state index is 12.5. The molecule has 0 bridgehead atoms. The SMILES string of the molecule is CC/C=C\C/C=C\C/C=C\C/C=C\C/C=C\C/C=C\CCC(=O)O[C@H](COC(=O)CCCCCCC/C=C\CCCCCCCCC)COP(=O)(O)OCCN. The van der Waals surface area contributed by atoms with Gasteiger partial charge in [0, 0.05) is 19.4 Å². The minimum absolute atomic E-state index is 0.0366. The number of hydrogen-bond acceptors (Lipinski definition) is 8. The molecule has 0 heterocycles. The molecule has 0 aromatic heterocycles. The van der Waals surface area contributed by atoms with Gasteiger partial charge < -0.3 is 20.1 Å². The van der Waals surface area contributed by atoms with E-state index < -0.39 is 32.5 Å². The van der Waals surface area contributed by atoms with Crippen molar-refractivity contribution in [1.82, 2.24) is 0 Å².